The fraction of sp³-hybridized carbons (Fsp3) is 0.136. The average Bonchev–Trinajstić information content (AvgIpc) is 3.48. The highest BCUT2D eigenvalue weighted by molar-refractivity contribution is 9.10. The van der Waals surface area contributed by atoms with Crippen molar-refractivity contribution >= 4 is 44.9 Å². The molecule has 4 heterocycles. The number of amides is 1. The number of halogens is 2. The van der Waals surface area contributed by atoms with Gasteiger partial charge < -0.3 is 5.32 Å². The number of benzene rings is 1. The molecule has 0 atom stereocenters. The first-order valence-electron chi connectivity index (χ1n) is 10.0. The molecule has 0 radical (unpaired) electrons. The second-order valence-electron chi connectivity index (χ2n) is 7.47. The van der Waals surface area contributed by atoms with E-state index in [1.807, 2.05) is 44.3 Å². The molecule has 4 aromatic heterocycles. The van der Waals surface area contributed by atoms with E-state index in [4.69, 9.17) is 11.6 Å². The number of hydrogen-bond acceptors (Lipinski definition) is 5. The molecular formula is C22H18BrClN8O. The molecule has 0 unspecified atom stereocenters. The van der Waals surface area contributed by atoms with Crippen LogP contribution in [0.25, 0.3) is 16.9 Å². The molecule has 33 heavy (non-hydrogen) atoms. The summed E-state index contributed by atoms with van der Waals surface area (Å²) in [6.45, 7) is 2.45. The van der Waals surface area contributed by atoms with E-state index >= 15 is 0 Å². The highest BCUT2D eigenvalue weighted by Gasteiger charge is 2.18. The number of aryl methyl sites for hydroxylation is 1. The van der Waals surface area contributed by atoms with E-state index in [0.29, 0.717) is 27.5 Å². The minimum absolute atomic E-state index is 0.226. The number of aromatic nitrogens is 7. The van der Waals surface area contributed by atoms with Gasteiger partial charge in [0.1, 0.15) is 0 Å². The van der Waals surface area contributed by atoms with Crippen LogP contribution >= 0.6 is 27.5 Å². The summed E-state index contributed by atoms with van der Waals surface area (Å²) in [5.41, 5.74) is 4.41. The van der Waals surface area contributed by atoms with E-state index < -0.39 is 5.91 Å². The van der Waals surface area contributed by atoms with Crippen molar-refractivity contribution in [3.63, 3.8) is 0 Å². The second-order valence-corrected chi connectivity index (χ2v) is 8.73. The lowest BCUT2D eigenvalue weighted by Gasteiger charge is -2.04. The smallest absolute Gasteiger partial charge is 0.277 e. The van der Waals surface area contributed by atoms with Crippen LogP contribution in [0.2, 0.25) is 5.02 Å². The summed E-state index contributed by atoms with van der Waals surface area (Å²) < 4.78 is 5.78. The zero-order valence-electron chi connectivity index (χ0n) is 17.7. The standard InChI is InChI=1S/C22H18BrClN8O/c1-13-15(10-26-30(13)2)19-7-8-25-20-9-18(28-32(19)20)22(33)27-21-16(23)12-31(29-21)11-14-5-3-4-6-17(14)24/h3-10,12H,11H2,1-2H3,(H,27,29,33). The molecule has 9 nitrogen and oxygen atoms in total. The quantitative estimate of drug-likeness (QED) is 0.368. The lowest BCUT2D eigenvalue weighted by Crippen LogP contribution is -2.14. The van der Waals surface area contributed by atoms with Gasteiger partial charge in [0.05, 0.1) is 22.9 Å². The van der Waals surface area contributed by atoms with Crippen LogP contribution in [-0.4, -0.2) is 40.1 Å². The van der Waals surface area contributed by atoms with Gasteiger partial charge in [0.25, 0.3) is 5.91 Å². The maximum atomic E-state index is 13.0. The van der Waals surface area contributed by atoms with Gasteiger partial charge in [-0.15, -0.1) is 0 Å². The number of hydrogen-bond donors (Lipinski definition) is 1. The minimum Gasteiger partial charge on any atom is -0.303 e. The summed E-state index contributed by atoms with van der Waals surface area (Å²) in [4.78, 5) is 17.3. The van der Waals surface area contributed by atoms with Gasteiger partial charge in [0.15, 0.2) is 17.2 Å². The van der Waals surface area contributed by atoms with Crippen molar-refractivity contribution in [1.82, 2.24) is 34.2 Å². The van der Waals surface area contributed by atoms with Crippen LogP contribution in [0.1, 0.15) is 21.7 Å². The Kier molecular flexibility index (Phi) is 5.47. The molecular weight excluding hydrogens is 508 g/mol. The predicted molar refractivity (Wildman–Crippen MR) is 128 cm³/mol. The minimum atomic E-state index is -0.391. The molecule has 11 heteroatoms. The third kappa shape index (κ3) is 4.03. The molecule has 0 aliphatic heterocycles. The zero-order valence-corrected chi connectivity index (χ0v) is 20.0. The molecule has 5 aromatic rings. The van der Waals surface area contributed by atoms with Crippen molar-refractivity contribution in [2.75, 3.05) is 5.32 Å². The molecule has 1 aromatic carbocycles. The Morgan fingerprint density at radius 2 is 2.03 bits per heavy atom. The Balaban J connectivity index is 1.41. The lowest BCUT2D eigenvalue weighted by molar-refractivity contribution is 0.102. The van der Waals surface area contributed by atoms with Crippen LogP contribution in [0, 0.1) is 6.92 Å². The number of nitrogens with zero attached hydrogens (tertiary/aromatic N) is 7. The molecule has 0 bridgehead atoms. The Labute approximate surface area is 202 Å². The van der Waals surface area contributed by atoms with Gasteiger partial charge in [-0.05, 0) is 40.5 Å². The first-order valence-corrected chi connectivity index (χ1v) is 11.2. The summed E-state index contributed by atoms with van der Waals surface area (Å²) in [6, 6.07) is 11.0. The van der Waals surface area contributed by atoms with Crippen molar-refractivity contribution in [1.29, 1.82) is 0 Å². The van der Waals surface area contributed by atoms with E-state index in [9.17, 15) is 4.79 Å². The Hall–Kier alpha value is -3.50. The van der Waals surface area contributed by atoms with Crippen LogP contribution in [0.3, 0.4) is 0 Å². The number of carbonyl (C=O) groups excluding carboxylic acids is 1. The van der Waals surface area contributed by atoms with E-state index in [0.717, 1.165) is 22.5 Å². The van der Waals surface area contributed by atoms with Crippen molar-refractivity contribution in [2.24, 2.45) is 7.05 Å². The largest absolute Gasteiger partial charge is 0.303 e. The predicted octanol–water partition coefficient (Wildman–Crippen LogP) is 4.35. The molecule has 0 saturated heterocycles. The summed E-state index contributed by atoms with van der Waals surface area (Å²) in [5, 5.41) is 16.7. The fourth-order valence-corrected chi connectivity index (χ4v) is 4.11. The highest BCUT2D eigenvalue weighted by atomic mass is 79.9. The van der Waals surface area contributed by atoms with Crippen LogP contribution in [-0.2, 0) is 13.6 Å². The first-order chi connectivity index (χ1) is 15.9. The van der Waals surface area contributed by atoms with E-state index in [-0.39, 0.29) is 5.69 Å². The maximum absolute atomic E-state index is 13.0. The highest BCUT2D eigenvalue weighted by Crippen LogP contribution is 2.25. The van der Waals surface area contributed by atoms with E-state index in [1.165, 1.54) is 0 Å². The van der Waals surface area contributed by atoms with Crippen molar-refractivity contribution < 1.29 is 4.79 Å². The molecule has 1 N–H and O–H groups in total. The molecule has 5 rings (SSSR count). The lowest BCUT2D eigenvalue weighted by atomic mass is 10.2. The number of nitrogens with one attached hydrogen (secondary N) is 1. The SMILES string of the molecule is Cc1c(-c2ccnc3cc(C(=O)Nc4nn(Cc5ccccc5Cl)cc4Br)nn23)cnn1C. The van der Waals surface area contributed by atoms with E-state index in [2.05, 4.69) is 41.5 Å². The molecule has 0 aliphatic rings. The molecule has 166 valence electrons. The van der Waals surface area contributed by atoms with Crippen molar-refractivity contribution in [3.8, 4) is 11.3 Å². The van der Waals surface area contributed by atoms with Gasteiger partial charge in [-0.1, -0.05) is 29.8 Å². The summed E-state index contributed by atoms with van der Waals surface area (Å²) in [5.74, 6) is -0.00144. The summed E-state index contributed by atoms with van der Waals surface area (Å²) in [7, 11) is 1.88. The number of fused-ring (bicyclic) bond motifs is 1. The number of carbonyl (C=O) groups is 1. The summed E-state index contributed by atoms with van der Waals surface area (Å²) in [6.07, 6.45) is 5.25. The Morgan fingerprint density at radius 3 is 2.79 bits per heavy atom. The van der Waals surface area contributed by atoms with Crippen LogP contribution in [0.5, 0.6) is 0 Å². The third-order valence-corrected chi connectivity index (χ3v) is 6.29. The van der Waals surface area contributed by atoms with Crippen molar-refractivity contribution in [3.05, 3.63) is 81.4 Å². The molecule has 0 aliphatic carbocycles. The molecule has 0 saturated carbocycles. The second kappa shape index (κ2) is 8.45. The zero-order chi connectivity index (χ0) is 23.1. The van der Waals surface area contributed by atoms with E-state index in [1.54, 1.807) is 38.5 Å². The van der Waals surface area contributed by atoms with Gasteiger partial charge >= 0.3 is 0 Å². The number of rotatable bonds is 5. The maximum Gasteiger partial charge on any atom is 0.277 e. The molecule has 0 spiro atoms. The van der Waals surface area contributed by atoms with Gasteiger partial charge in [-0.2, -0.15) is 15.3 Å². The first kappa shape index (κ1) is 21.4. The molecule has 0 fully saturated rings. The van der Waals surface area contributed by atoms with Gasteiger partial charge in [0.2, 0.25) is 0 Å². The third-order valence-electron chi connectivity index (χ3n) is 5.34. The Morgan fingerprint density at radius 1 is 1.21 bits per heavy atom. The summed E-state index contributed by atoms with van der Waals surface area (Å²) >= 11 is 9.71. The monoisotopic (exact) mass is 524 g/mol. The normalized spacial score (nSPS) is 11.3. The van der Waals surface area contributed by atoms with Gasteiger partial charge in [-0.25, -0.2) is 9.50 Å². The van der Waals surface area contributed by atoms with Crippen LogP contribution in [0.15, 0.2) is 59.5 Å². The van der Waals surface area contributed by atoms with Gasteiger partial charge in [-0.3, -0.25) is 14.2 Å². The topological polar surface area (TPSA) is 94.9 Å². The fourth-order valence-electron chi connectivity index (χ4n) is 3.50. The van der Waals surface area contributed by atoms with Crippen molar-refractivity contribution in [2.45, 2.75) is 13.5 Å². The Bertz CT molecular complexity index is 1500. The molecule has 1 amide bonds. The van der Waals surface area contributed by atoms with Gasteiger partial charge in [0, 0.05) is 41.8 Å². The number of anilines is 1. The average molecular weight is 526 g/mol. The van der Waals surface area contributed by atoms with Crippen LogP contribution in [0.4, 0.5) is 5.82 Å². The van der Waals surface area contributed by atoms with Crippen LogP contribution < -0.4 is 5.32 Å².